The van der Waals surface area contributed by atoms with Crippen molar-refractivity contribution in [3.63, 3.8) is 0 Å². The van der Waals surface area contributed by atoms with Crippen LogP contribution in [0.5, 0.6) is 5.75 Å². The highest BCUT2D eigenvalue weighted by Gasteiger charge is 2.11. The predicted molar refractivity (Wildman–Crippen MR) is 52.9 cm³/mol. The largest absolute Gasteiger partial charge is 0.492 e. The molecule has 0 fully saturated rings. The number of carbonyl (C=O) groups is 1. The molecule has 1 amide bonds. The topological polar surface area (TPSA) is 70.6 Å². The molecule has 1 aliphatic heterocycles. The summed E-state index contributed by atoms with van der Waals surface area (Å²) in [5.74, 6) is 0.166. The van der Waals surface area contributed by atoms with E-state index in [0.717, 1.165) is 18.7 Å². The summed E-state index contributed by atoms with van der Waals surface area (Å²) in [5.41, 5.74) is 3.00. The van der Waals surface area contributed by atoms with Crippen LogP contribution in [0.2, 0.25) is 0 Å². The molecule has 15 heavy (non-hydrogen) atoms. The van der Waals surface area contributed by atoms with Crippen LogP contribution in [0, 0.1) is 0 Å². The Bertz CT molecular complexity index is 379. The lowest BCUT2D eigenvalue weighted by Gasteiger charge is -2.07. The van der Waals surface area contributed by atoms with Gasteiger partial charge in [0.2, 0.25) is 0 Å². The van der Waals surface area contributed by atoms with Gasteiger partial charge in [0, 0.05) is 24.2 Å². The molecule has 80 valence electrons. The number of rotatable bonds is 1. The van der Waals surface area contributed by atoms with Crippen molar-refractivity contribution in [3.05, 3.63) is 29.3 Å². The Morgan fingerprint density at radius 2 is 2.40 bits per heavy atom. The minimum atomic E-state index is -0.529. The Balaban J connectivity index is 2.31. The molecule has 0 saturated carbocycles. The van der Waals surface area contributed by atoms with Gasteiger partial charge < -0.3 is 10.1 Å². The maximum absolute atomic E-state index is 11.2. The maximum atomic E-state index is 11.2. The lowest BCUT2D eigenvalue weighted by atomic mass is 10.1. The molecule has 0 aliphatic carbocycles. The fourth-order valence-electron chi connectivity index (χ4n) is 1.50. The van der Waals surface area contributed by atoms with Crippen molar-refractivity contribution in [1.29, 1.82) is 0 Å². The first kappa shape index (κ1) is 9.95. The average Bonchev–Trinajstić information content (AvgIpc) is 2.51. The average molecular weight is 208 g/mol. The summed E-state index contributed by atoms with van der Waals surface area (Å²) in [6.45, 7) is 2.10. The van der Waals surface area contributed by atoms with Gasteiger partial charge in [-0.3, -0.25) is 10.0 Å². The number of carbonyl (C=O) groups excluding carboxylic acids is 1. The molecule has 0 bridgehead atoms. The number of ether oxygens (including phenoxy) is 1. The molecule has 2 rings (SSSR count). The Kier molecular flexibility index (Phi) is 2.84. The zero-order valence-corrected chi connectivity index (χ0v) is 8.12. The van der Waals surface area contributed by atoms with E-state index < -0.39 is 5.91 Å². The number of benzene rings is 1. The molecular weight excluding hydrogens is 196 g/mol. The summed E-state index contributed by atoms with van der Waals surface area (Å²) in [7, 11) is 0. The fraction of sp³-hybridized carbons (Fsp3) is 0.300. The Morgan fingerprint density at radius 1 is 1.53 bits per heavy atom. The fourth-order valence-corrected chi connectivity index (χ4v) is 1.50. The van der Waals surface area contributed by atoms with Crippen LogP contribution in [0.25, 0.3) is 0 Å². The third-order valence-electron chi connectivity index (χ3n) is 2.28. The van der Waals surface area contributed by atoms with Crippen LogP contribution in [0.1, 0.15) is 15.9 Å². The number of nitrogens with one attached hydrogen (secondary N) is 2. The van der Waals surface area contributed by atoms with E-state index in [-0.39, 0.29) is 0 Å². The maximum Gasteiger partial charge on any atom is 0.274 e. The zero-order chi connectivity index (χ0) is 10.7. The van der Waals surface area contributed by atoms with E-state index in [1.54, 1.807) is 17.6 Å². The Hall–Kier alpha value is -1.59. The highest BCUT2D eigenvalue weighted by atomic mass is 16.5. The zero-order valence-electron chi connectivity index (χ0n) is 8.12. The standard InChI is InChI=1S/C10H12N2O3/c13-10(12-14)7-1-2-8-6-11-3-4-15-9(8)5-7/h1-2,5,11,14H,3-4,6H2,(H,12,13). The van der Waals surface area contributed by atoms with Crippen molar-refractivity contribution in [2.75, 3.05) is 13.2 Å². The van der Waals surface area contributed by atoms with E-state index >= 15 is 0 Å². The van der Waals surface area contributed by atoms with Crippen LogP contribution in [-0.4, -0.2) is 24.3 Å². The van der Waals surface area contributed by atoms with E-state index in [1.165, 1.54) is 0 Å². The van der Waals surface area contributed by atoms with E-state index in [4.69, 9.17) is 9.94 Å². The lowest BCUT2D eigenvalue weighted by molar-refractivity contribution is 0.0706. The van der Waals surface area contributed by atoms with Crippen LogP contribution in [-0.2, 0) is 6.54 Å². The molecule has 0 aromatic heterocycles. The summed E-state index contributed by atoms with van der Waals surface area (Å²) >= 11 is 0. The lowest BCUT2D eigenvalue weighted by Crippen LogP contribution is -2.18. The van der Waals surface area contributed by atoms with Gasteiger partial charge in [-0.05, 0) is 12.1 Å². The minimum absolute atomic E-state index is 0.387. The van der Waals surface area contributed by atoms with Crippen molar-refractivity contribution in [2.45, 2.75) is 6.54 Å². The molecule has 1 heterocycles. The van der Waals surface area contributed by atoms with E-state index in [1.807, 2.05) is 6.07 Å². The first-order valence-corrected chi connectivity index (χ1v) is 4.72. The third-order valence-corrected chi connectivity index (χ3v) is 2.28. The van der Waals surface area contributed by atoms with Gasteiger partial charge in [-0.25, -0.2) is 5.48 Å². The smallest absolute Gasteiger partial charge is 0.274 e. The van der Waals surface area contributed by atoms with E-state index in [9.17, 15) is 4.79 Å². The first-order valence-electron chi connectivity index (χ1n) is 4.72. The SMILES string of the molecule is O=C(NO)c1ccc2c(c1)OCCNC2. The predicted octanol–water partition coefficient (Wildman–Crippen LogP) is 0.288. The molecule has 5 nitrogen and oxygen atoms in total. The summed E-state index contributed by atoms with van der Waals surface area (Å²) in [6, 6.07) is 5.10. The highest BCUT2D eigenvalue weighted by molar-refractivity contribution is 5.93. The summed E-state index contributed by atoms with van der Waals surface area (Å²) < 4.78 is 5.46. The third kappa shape index (κ3) is 2.08. The van der Waals surface area contributed by atoms with E-state index in [2.05, 4.69) is 5.32 Å². The van der Waals surface area contributed by atoms with Crippen LogP contribution in [0.4, 0.5) is 0 Å². The van der Waals surface area contributed by atoms with Gasteiger partial charge in [-0.15, -0.1) is 0 Å². The normalized spacial score (nSPS) is 14.7. The molecule has 1 aromatic rings. The minimum Gasteiger partial charge on any atom is -0.492 e. The van der Waals surface area contributed by atoms with Crippen molar-refractivity contribution in [2.24, 2.45) is 0 Å². The molecule has 5 heteroatoms. The number of hydroxylamine groups is 1. The second-order valence-electron chi connectivity index (χ2n) is 3.29. The number of amides is 1. The number of hydrogen-bond donors (Lipinski definition) is 3. The second-order valence-corrected chi connectivity index (χ2v) is 3.29. The van der Waals surface area contributed by atoms with Gasteiger partial charge in [-0.1, -0.05) is 6.07 Å². The molecule has 3 N–H and O–H groups in total. The Morgan fingerprint density at radius 3 is 3.20 bits per heavy atom. The molecule has 0 atom stereocenters. The van der Waals surface area contributed by atoms with Crippen molar-refractivity contribution in [1.82, 2.24) is 10.8 Å². The molecule has 1 aromatic carbocycles. The summed E-state index contributed by atoms with van der Waals surface area (Å²) in [4.78, 5) is 11.2. The van der Waals surface area contributed by atoms with Gasteiger partial charge in [0.05, 0.1) is 0 Å². The van der Waals surface area contributed by atoms with Crippen LogP contribution in [0.3, 0.4) is 0 Å². The monoisotopic (exact) mass is 208 g/mol. The highest BCUT2D eigenvalue weighted by Crippen LogP contribution is 2.21. The Labute approximate surface area is 87.0 Å². The summed E-state index contributed by atoms with van der Waals surface area (Å²) in [6.07, 6.45) is 0. The van der Waals surface area contributed by atoms with Gasteiger partial charge in [0.15, 0.2) is 0 Å². The van der Waals surface area contributed by atoms with E-state index in [0.29, 0.717) is 17.9 Å². The van der Waals surface area contributed by atoms with Gasteiger partial charge >= 0.3 is 0 Å². The van der Waals surface area contributed by atoms with Crippen molar-refractivity contribution in [3.8, 4) is 5.75 Å². The quantitative estimate of drug-likeness (QED) is 0.458. The van der Waals surface area contributed by atoms with Crippen LogP contribution in [0.15, 0.2) is 18.2 Å². The molecule has 1 aliphatic rings. The summed E-state index contributed by atoms with van der Waals surface area (Å²) in [5, 5.41) is 11.7. The van der Waals surface area contributed by atoms with Crippen LogP contribution >= 0.6 is 0 Å². The van der Waals surface area contributed by atoms with Crippen molar-refractivity contribution < 1.29 is 14.7 Å². The van der Waals surface area contributed by atoms with Gasteiger partial charge in [-0.2, -0.15) is 0 Å². The first-order chi connectivity index (χ1) is 7.31. The van der Waals surface area contributed by atoms with Crippen LogP contribution < -0.4 is 15.5 Å². The second kappa shape index (κ2) is 4.29. The van der Waals surface area contributed by atoms with Gasteiger partial charge in [0.1, 0.15) is 12.4 Å². The molecule has 0 radical (unpaired) electrons. The molecule has 0 spiro atoms. The molecule has 0 saturated heterocycles. The van der Waals surface area contributed by atoms with Gasteiger partial charge in [0.25, 0.3) is 5.91 Å². The van der Waals surface area contributed by atoms with Crippen molar-refractivity contribution >= 4 is 5.91 Å². The molecular formula is C10H12N2O3. The number of fused-ring (bicyclic) bond motifs is 1. The number of hydrogen-bond acceptors (Lipinski definition) is 4. The molecule has 0 unspecified atom stereocenters.